The van der Waals surface area contributed by atoms with Crippen LogP contribution in [-0.2, 0) is 6.54 Å². The van der Waals surface area contributed by atoms with Gasteiger partial charge in [0, 0.05) is 17.6 Å². The molecule has 2 rings (SSSR count). The fourth-order valence-corrected chi connectivity index (χ4v) is 3.35. The lowest BCUT2D eigenvalue weighted by molar-refractivity contribution is 0.266. The number of aromatic nitrogens is 1. The van der Waals surface area contributed by atoms with Gasteiger partial charge in [-0.3, -0.25) is 0 Å². The summed E-state index contributed by atoms with van der Waals surface area (Å²) in [6, 6.07) is 0. The molecule has 1 aromatic heterocycles. The molecule has 18 heavy (non-hydrogen) atoms. The zero-order valence-electron chi connectivity index (χ0n) is 11.5. The summed E-state index contributed by atoms with van der Waals surface area (Å²) < 4.78 is 0. The Morgan fingerprint density at radius 1 is 1.61 bits per heavy atom. The third-order valence-electron chi connectivity index (χ3n) is 3.86. The van der Waals surface area contributed by atoms with Crippen LogP contribution in [0.4, 0.5) is 0 Å². The highest BCUT2D eigenvalue weighted by molar-refractivity contribution is 7.09. The van der Waals surface area contributed by atoms with Gasteiger partial charge < -0.3 is 10.6 Å². The molecule has 3 nitrogen and oxygen atoms in total. The van der Waals surface area contributed by atoms with Crippen molar-refractivity contribution in [1.29, 1.82) is 0 Å². The van der Waals surface area contributed by atoms with E-state index < -0.39 is 0 Å². The van der Waals surface area contributed by atoms with Crippen molar-refractivity contribution in [2.24, 2.45) is 11.8 Å². The summed E-state index contributed by atoms with van der Waals surface area (Å²) >= 11 is 1.75. The predicted octanol–water partition coefficient (Wildman–Crippen LogP) is 2.57. The molecule has 0 aromatic carbocycles. The van der Waals surface area contributed by atoms with Crippen molar-refractivity contribution >= 4 is 11.3 Å². The van der Waals surface area contributed by atoms with Crippen molar-refractivity contribution in [1.82, 2.24) is 15.6 Å². The van der Waals surface area contributed by atoms with Crippen LogP contribution >= 0.6 is 11.3 Å². The van der Waals surface area contributed by atoms with Crippen molar-refractivity contribution in [2.45, 2.75) is 39.7 Å². The van der Waals surface area contributed by atoms with Gasteiger partial charge in [0.15, 0.2) is 0 Å². The van der Waals surface area contributed by atoms with Crippen LogP contribution in [0.1, 0.15) is 36.9 Å². The van der Waals surface area contributed by atoms with Crippen LogP contribution in [0.25, 0.3) is 0 Å². The lowest BCUT2D eigenvalue weighted by Crippen LogP contribution is -2.34. The second kappa shape index (κ2) is 7.22. The highest BCUT2D eigenvalue weighted by Gasteiger charge is 2.19. The smallest absolute Gasteiger partial charge is 0.107 e. The van der Waals surface area contributed by atoms with Gasteiger partial charge in [0.25, 0.3) is 0 Å². The van der Waals surface area contributed by atoms with Gasteiger partial charge >= 0.3 is 0 Å². The van der Waals surface area contributed by atoms with Crippen molar-refractivity contribution in [3.63, 3.8) is 0 Å². The number of nitrogens with zero attached hydrogens (tertiary/aromatic N) is 1. The number of aryl methyl sites for hydroxylation is 1. The molecule has 2 heterocycles. The number of nitrogens with one attached hydrogen (secondary N) is 2. The number of thiazole rings is 1. The molecule has 1 saturated heterocycles. The standard InChI is InChI=1S/C14H25N3S/c1-11(13-4-3-6-15-8-13)5-7-16-9-14-17-12(2)10-18-14/h10-11,13,15-16H,3-9H2,1-2H3. The first kappa shape index (κ1) is 14.0. The maximum Gasteiger partial charge on any atom is 0.107 e. The number of piperidine rings is 1. The Morgan fingerprint density at radius 2 is 2.50 bits per heavy atom. The number of rotatable bonds is 6. The Morgan fingerprint density at radius 3 is 3.17 bits per heavy atom. The zero-order chi connectivity index (χ0) is 12.8. The van der Waals surface area contributed by atoms with Crippen LogP contribution in [-0.4, -0.2) is 24.6 Å². The zero-order valence-corrected chi connectivity index (χ0v) is 12.4. The molecule has 4 heteroatoms. The van der Waals surface area contributed by atoms with Crippen LogP contribution in [0.5, 0.6) is 0 Å². The SMILES string of the molecule is Cc1csc(CNCCC(C)C2CCCNC2)n1. The summed E-state index contributed by atoms with van der Waals surface area (Å²) in [4.78, 5) is 4.46. The van der Waals surface area contributed by atoms with E-state index in [4.69, 9.17) is 0 Å². The number of hydrogen-bond acceptors (Lipinski definition) is 4. The molecule has 102 valence electrons. The fourth-order valence-electron chi connectivity index (χ4n) is 2.61. The fraction of sp³-hybridized carbons (Fsp3) is 0.786. The van der Waals surface area contributed by atoms with Crippen molar-refractivity contribution in [3.8, 4) is 0 Å². The van der Waals surface area contributed by atoms with E-state index in [-0.39, 0.29) is 0 Å². The van der Waals surface area contributed by atoms with Gasteiger partial charge in [-0.05, 0) is 57.7 Å². The van der Waals surface area contributed by atoms with E-state index in [2.05, 4.69) is 34.8 Å². The predicted molar refractivity (Wildman–Crippen MR) is 77.9 cm³/mol. The molecule has 0 aliphatic carbocycles. The highest BCUT2D eigenvalue weighted by atomic mass is 32.1. The maximum absolute atomic E-state index is 4.46. The largest absolute Gasteiger partial charge is 0.316 e. The van der Waals surface area contributed by atoms with Crippen molar-refractivity contribution < 1.29 is 0 Å². The van der Waals surface area contributed by atoms with Gasteiger partial charge in [0.2, 0.25) is 0 Å². The molecule has 1 aromatic rings. The van der Waals surface area contributed by atoms with Crippen LogP contribution in [0.2, 0.25) is 0 Å². The molecule has 0 amide bonds. The normalized spacial score (nSPS) is 22.0. The minimum Gasteiger partial charge on any atom is -0.316 e. The maximum atomic E-state index is 4.46. The van der Waals surface area contributed by atoms with Crippen LogP contribution in [0.3, 0.4) is 0 Å². The van der Waals surface area contributed by atoms with E-state index in [9.17, 15) is 0 Å². The third-order valence-corrected chi connectivity index (χ3v) is 4.83. The van der Waals surface area contributed by atoms with E-state index in [1.165, 1.54) is 37.4 Å². The van der Waals surface area contributed by atoms with E-state index in [0.717, 1.165) is 30.6 Å². The van der Waals surface area contributed by atoms with E-state index in [1.54, 1.807) is 11.3 Å². The van der Waals surface area contributed by atoms with Crippen molar-refractivity contribution in [2.75, 3.05) is 19.6 Å². The summed E-state index contributed by atoms with van der Waals surface area (Å²) in [5.41, 5.74) is 1.14. The van der Waals surface area contributed by atoms with Crippen LogP contribution in [0, 0.1) is 18.8 Å². The lowest BCUT2D eigenvalue weighted by atomic mass is 9.85. The van der Waals surface area contributed by atoms with Gasteiger partial charge in [0.05, 0.1) is 0 Å². The first-order valence-electron chi connectivity index (χ1n) is 7.08. The summed E-state index contributed by atoms with van der Waals surface area (Å²) in [7, 11) is 0. The van der Waals surface area contributed by atoms with Crippen LogP contribution < -0.4 is 10.6 Å². The van der Waals surface area contributed by atoms with Gasteiger partial charge in [-0.1, -0.05) is 6.92 Å². The Balaban J connectivity index is 1.59. The quantitative estimate of drug-likeness (QED) is 0.778. The van der Waals surface area contributed by atoms with E-state index in [0.29, 0.717) is 0 Å². The summed E-state index contributed by atoms with van der Waals surface area (Å²) in [5, 5.41) is 10.3. The molecule has 2 atom stereocenters. The monoisotopic (exact) mass is 267 g/mol. The van der Waals surface area contributed by atoms with Crippen molar-refractivity contribution in [3.05, 3.63) is 16.1 Å². The molecular weight excluding hydrogens is 242 g/mol. The first-order valence-corrected chi connectivity index (χ1v) is 7.96. The minimum atomic E-state index is 0.823. The summed E-state index contributed by atoms with van der Waals surface area (Å²) in [5.74, 6) is 1.70. The van der Waals surface area contributed by atoms with E-state index >= 15 is 0 Å². The minimum absolute atomic E-state index is 0.823. The topological polar surface area (TPSA) is 37.0 Å². The molecular formula is C14H25N3S. The molecule has 1 aliphatic heterocycles. The second-order valence-corrected chi connectivity index (χ2v) is 6.37. The molecule has 0 radical (unpaired) electrons. The average Bonchev–Trinajstić information content (AvgIpc) is 2.81. The lowest BCUT2D eigenvalue weighted by Gasteiger charge is -2.28. The van der Waals surface area contributed by atoms with E-state index in [1.807, 2.05) is 0 Å². The third kappa shape index (κ3) is 4.34. The molecule has 0 bridgehead atoms. The molecule has 0 spiro atoms. The van der Waals surface area contributed by atoms with Gasteiger partial charge in [-0.15, -0.1) is 11.3 Å². The number of hydrogen-bond donors (Lipinski definition) is 2. The summed E-state index contributed by atoms with van der Waals surface area (Å²) in [6.45, 7) is 8.91. The van der Waals surface area contributed by atoms with Gasteiger partial charge in [-0.25, -0.2) is 4.98 Å². The molecule has 0 saturated carbocycles. The van der Waals surface area contributed by atoms with Gasteiger partial charge in [-0.2, -0.15) is 0 Å². The Labute approximate surface area is 114 Å². The molecule has 2 unspecified atom stereocenters. The molecule has 1 aliphatic rings. The Kier molecular flexibility index (Phi) is 5.60. The highest BCUT2D eigenvalue weighted by Crippen LogP contribution is 2.22. The molecule has 1 fully saturated rings. The van der Waals surface area contributed by atoms with Gasteiger partial charge in [0.1, 0.15) is 5.01 Å². The molecule has 2 N–H and O–H groups in total. The van der Waals surface area contributed by atoms with Crippen LogP contribution in [0.15, 0.2) is 5.38 Å². The average molecular weight is 267 g/mol. The second-order valence-electron chi connectivity index (χ2n) is 5.43. The Hall–Kier alpha value is -0.450. The Bertz CT molecular complexity index is 345. The first-order chi connectivity index (χ1) is 8.75. The summed E-state index contributed by atoms with van der Waals surface area (Å²) in [6.07, 6.45) is 4.03.